The topological polar surface area (TPSA) is 12.0 Å². The van der Waals surface area contributed by atoms with Crippen molar-refractivity contribution in [3.05, 3.63) is 35.9 Å². The summed E-state index contributed by atoms with van der Waals surface area (Å²) >= 11 is 0. The minimum absolute atomic E-state index is 0. The Hall–Kier alpha value is -0.530. The Labute approximate surface area is 92.3 Å². The number of rotatable bonds is 1. The zero-order valence-electron chi connectivity index (χ0n) is 8.62. The summed E-state index contributed by atoms with van der Waals surface area (Å²) in [5, 5.41) is 3.61. The van der Waals surface area contributed by atoms with Crippen molar-refractivity contribution in [2.75, 3.05) is 6.54 Å². The largest absolute Gasteiger partial charge is 0.308 e. The van der Waals surface area contributed by atoms with E-state index in [2.05, 4.69) is 42.6 Å². The first-order chi connectivity index (χ1) is 6.31. The van der Waals surface area contributed by atoms with Crippen molar-refractivity contribution in [3.63, 3.8) is 0 Å². The fourth-order valence-corrected chi connectivity index (χ4v) is 2.11. The molecule has 0 amide bonds. The van der Waals surface area contributed by atoms with E-state index >= 15 is 0 Å². The second kappa shape index (κ2) is 4.81. The van der Waals surface area contributed by atoms with Gasteiger partial charge < -0.3 is 5.32 Å². The third-order valence-electron chi connectivity index (χ3n) is 3.03. The molecule has 1 N–H and O–H groups in total. The third kappa shape index (κ3) is 2.28. The molecule has 0 radical (unpaired) electrons. The molecule has 2 heteroatoms. The van der Waals surface area contributed by atoms with Crippen LogP contribution in [0.25, 0.3) is 0 Å². The maximum Gasteiger partial charge on any atom is 0.0406 e. The van der Waals surface area contributed by atoms with Crippen LogP contribution in [0.2, 0.25) is 0 Å². The van der Waals surface area contributed by atoms with Crippen molar-refractivity contribution in [2.45, 2.75) is 31.7 Å². The van der Waals surface area contributed by atoms with Crippen LogP contribution >= 0.6 is 12.4 Å². The number of nitrogens with one attached hydrogen (secondary N) is 1. The molecule has 1 fully saturated rings. The van der Waals surface area contributed by atoms with Gasteiger partial charge in [-0.25, -0.2) is 0 Å². The van der Waals surface area contributed by atoms with Crippen molar-refractivity contribution in [2.24, 2.45) is 0 Å². The molecule has 14 heavy (non-hydrogen) atoms. The molecule has 78 valence electrons. The Morgan fingerprint density at radius 3 is 2.43 bits per heavy atom. The molecular formula is C12H18ClN. The molecule has 1 nitrogen and oxygen atoms in total. The Morgan fingerprint density at radius 2 is 1.86 bits per heavy atom. The Morgan fingerprint density at radius 1 is 1.14 bits per heavy atom. The summed E-state index contributed by atoms with van der Waals surface area (Å²) in [6, 6.07) is 10.8. The van der Waals surface area contributed by atoms with E-state index in [4.69, 9.17) is 0 Å². The summed E-state index contributed by atoms with van der Waals surface area (Å²) in [5.41, 5.74) is 1.65. The van der Waals surface area contributed by atoms with Crippen molar-refractivity contribution in [1.29, 1.82) is 0 Å². The molecule has 0 aliphatic carbocycles. The zero-order valence-corrected chi connectivity index (χ0v) is 9.44. The van der Waals surface area contributed by atoms with E-state index in [0.717, 1.165) is 6.54 Å². The van der Waals surface area contributed by atoms with Gasteiger partial charge in [0, 0.05) is 5.54 Å². The van der Waals surface area contributed by atoms with Gasteiger partial charge in [-0.3, -0.25) is 0 Å². The number of halogens is 1. The van der Waals surface area contributed by atoms with Crippen LogP contribution in [0.5, 0.6) is 0 Å². The van der Waals surface area contributed by atoms with Gasteiger partial charge in [-0.15, -0.1) is 12.4 Å². The minimum atomic E-state index is 0. The van der Waals surface area contributed by atoms with E-state index < -0.39 is 0 Å². The Kier molecular flexibility index (Phi) is 3.97. The van der Waals surface area contributed by atoms with Crippen molar-refractivity contribution in [1.82, 2.24) is 5.32 Å². The number of hydrogen-bond acceptors (Lipinski definition) is 1. The van der Waals surface area contributed by atoms with Gasteiger partial charge in [0.1, 0.15) is 0 Å². The van der Waals surface area contributed by atoms with Crippen LogP contribution in [0.15, 0.2) is 30.3 Å². The molecule has 1 aliphatic rings. The van der Waals surface area contributed by atoms with E-state index in [1.807, 2.05) is 0 Å². The average molecular weight is 212 g/mol. The summed E-state index contributed by atoms with van der Waals surface area (Å²) in [6.45, 7) is 3.47. The highest BCUT2D eigenvalue weighted by Gasteiger charge is 2.27. The summed E-state index contributed by atoms with van der Waals surface area (Å²) in [5.74, 6) is 0. The average Bonchev–Trinajstić information content (AvgIpc) is 2.20. The van der Waals surface area contributed by atoms with Crippen LogP contribution in [0.3, 0.4) is 0 Å². The quantitative estimate of drug-likeness (QED) is 0.753. The summed E-state index contributed by atoms with van der Waals surface area (Å²) in [4.78, 5) is 0. The first kappa shape index (κ1) is 11.5. The predicted octanol–water partition coefficient (Wildman–Crippen LogP) is 3.10. The van der Waals surface area contributed by atoms with Gasteiger partial charge in [-0.2, -0.15) is 0 Å². The number of benzene rings is 1. The molecule has 2 rings (SSSR count). The van der Waals surface area contributed by atoms with Gasteiger partial charge in [0.25, 0.3) is 0 Å². The molecule has 1 heterocycles. The van der Waals surface area contributed by atoms with E-state index in [-0.39, 0.29) is 17.9 Å². The molecule has 1 aliphatic heterocycles. The maximum atomic E-state index is 3.61. The monoisotopic (exact) mass is 211 g/mol. The molecule has 0 aromatic heterocycles. The maximum absolute atomic E-state index is 3.61. The molecule has 1 aromatic carbocycles. The minimum Gasteiger partial charge on any atom is -0.308 e. The fourth-order valence-electron chi connectivity index (χ4n) is 2.11. The van der Waals surface area contributed by atoms with Gasteiger partial charge in [-0.1, -0.05) is 36.8 Å². The summed E-state index contributed by atoms with van der Waals surface area (Å²) in [6.07, 6.45) is 3.93. The third-order valence-corrected chi connectivity index (χ3v) is 3.03. The standard InChI is InChI=1S/C12H17N.ClH/c1-12(9-5-6-10-13-12)11-7-3-2-4-8-11;/h2-4,7-8,13H,5-6,9-10H2,1H3;1H. The second-order valence-electron chi connectivity index (χ2n) is 4.08. The summed E-state index contributed by atoms with van der Waals surface area (Å²) in [7, 11) is 0. The lowest BCUT2D eigenvalue weighted by Crippen LogP contribution is -2.43. The van der Waals surface area contributed by atoms with Crippen LogP contribution < -0.4 is 5.32 Å². The van der Waals surface area contributed by atoms with Crippen LogP contribution in [0.1, 0.15) is 31.7 Å². The molecule has 0 bridgehead atoms. The molecular weight excluding hydrogens is 194 g/mol. The lowest BCUT2D eigenvalue weighted by molar-refractivity contribution is 0.283. The molecule has 0 spiro atoms. The molecule has 0 saturated carbocycles. The van der Waals surface area contributed by atoms with E-state index in [0.29, 0.717) is 0 Å². The molecule has 1 aromatic rings. The van der Waals surface area contributed by atoms with Crippen LogP contribution in [-0.2, 0) is 5.54 Å². The first-order valence-corrected chi connectivity index (χ1v) is 5.12. The summed E-state index contributed by atoms with van der Waals surface area (Å²) < 4.78 is 0. The molecule has 1 saturated heterocycles. The van der Waals surface area contributed by atoms with Crippen molar-refractivity contribution >= 4 is 12.4 Å². The first-order valence-electron chi connectivity index (χ1n) is 5.12. The molecule has 1 unspecified atom stereocenters. The van der Waals surface area contributed by atoms with Crippen molar-refractivity contribution in [3.8, 4) is 0 Å². The highest BCUT2D eigenvalue weighted by atomic mass is 35.5. The van der Waals surface area contributed by atoms with Gasteiger partial charge >= 0.3 is 0 Å². The number of hydrogen-bond donors (Lipinski definition) is 1. The van der Waals surface area contributed by atoms with Gasteiger partial charge in [-0.05, 0) is 31.9 Å². The van der Waals surface area contributed by atoms with Gasteiger partial charge in [0.2, 0.25) is 0 Å². The Bertz CT molecular complexity index is 265. The van der Waals surface area contributed by atoms with E-state index in [1.54, 1.807) is 0 Å². The number of piperidine rings is 1. The van der Waals surface area contributed by atoms with Crippen LogP contribution in [-0.4, -0.2) is 6.54 Å². The zero-order chi connectivity index (χ0) is 9.15. The van der Waals surface area contributed by atoms with E-state index in [1.165, 1.54) is 24.8 Å². The van der Waals surface area contributed by atoms with Crippen molar-refractivity contribution < 1.29 is 0 Å². The second-order valence-corrected chi connectivity index (χ2v) is 4.08. The normalized spacial score (nSPS) is 26.6. The van der Waals surface area contributed by atoms with Gasteiger partial charge in [0.05, 0.1) is 0 Å². The van der Waals surface area contributed by atoms with Crippen LogP contribution in [0, 0.1) is 0 Å². The highest BCUT2D eigenvalue weighted by molar-refractivity contribution is 5.85. The highest BCUT2D eigenvalue weighted by Crippen LogP contribution is 2.29. The lowest BCUT2D eigenvalue weighted by atomic mass is 9.84. The predicted molar refractivity (Wildman–Crippen MR) is 62.9 cm³/mol. The SMILES string of the molecule is CC1(c2ccccc2)CCCCN1.Cl. The fraction of sp³-hybridized carbons (Fsp3) is 0.500. The van der Waals surface area contributed by atoms with Gasteiger partial charge in [0.15, 0.2) is 0 Å². The van der Waals surface area contributed by atoms with E-state index in [9.17, 15) is 0 Å². The Balaban J connectivity index is 0.000000980. The van der Waals surface area contributed by atoms with Crippen LogP contribution in [0.4, 0.5) is 0 Å². The molecule has 1 atom stereocenters. The lowest BCUT2D eigenvalue weighted by Gasteiger charge is -2.35. The smallest absolute Gasteiger partial charge is 0.0406 e.